The third kappa shape index (κ3) is 2.57. The number of halogens is 2. The van der Waals surface area contributed by atoms with Crippen molar-refractivity contribution in [2.75, 3.05) is 10.5 Å². The Balaban J connectivity index is 2.50. The second kappa shape index (κ2) is 5.09. The van der Waals surface area contributed by atoms with Crippen LogP contribution in [0.3, 0.4) is 0 Å². The second-order valence-electron chi connectivity index (χ2n) is 4.20. The quantitative estimate of drug-likeness (QED) is 0.856. The number of hydrogen-bond donors (Lipinski definition) is 2. The molecule has 0 saturated carbocycles. The van der Waals surface area contributed by atoms with Gasteiger partial charge in [-0.3, -0.25) is 4.72 Å². The Morgan fingerprint density at radius 1 is 1.10 bits per heavy atom. The SMILES string of the molecule is Cc1ccccc1S(=O)(=O)Nc1c(N)ccc(F)c1F. The summed E-state index contributed by atoms with van der Waals surface area (Å²) in [5, 5.41) is 0. The van der Waals surface area contributed by atoms with Crippen molar-refractivity contribution in [3.8, 4) is 0 Å². The van der Waals surface area contributed by atoms with Crippen molar-refractivity contribution in [2.24, 2.45) is 0 Å². The number of nitrogen functional groups attached to an aromatic ring is 1. The first-order valence-electron chi connectivity index (χ1n) is 5.65. The fraction of sp³-hybridized carbons (Fsp3) is 0.0769. The first-order valence-corrected chi connectivity index (χ1v) is 7.13. The fourth-order valence-electron chi connectivity index (χ4n) is 1.72. The molecule has 2 aromatic rings. The third-order valence-corrected chi connectivity index (χ3v) is 4.26. The van der Waals surface area contributed by atoms with E-state index in [-0.39, 0.29) is 10.6 Å². The summed E-state index contributed by atoms with van der Waals surface area (Å²) in [6, 6.07) is 8.09. The minimum absolute atomic E-state index is 0.0249. The molecule has 0 heterocycles. The largest absolute Gasteiger partial charge is 0.397 e. The Morgan fingerprint density at radius 2 is 1.75 bits per heavy atom. The van der Waals surface area contributed by atoms with Crippen molar-refractivity contribution in [1.82, 2.24) is 0 Å². The summed E-state index contributed by atoms with van der Waals surface area (Å²) in [6.07, 6.45) is 0. The van der Waals surface area contributed by atoms with Crippen molar-refractivity contribution in [3.63, 3.8) is 0 Å². The number of sulfonamides is 1. The van der Waals surface area contributed by atoms with Gasteiger partial charge in [0.2, 0.25) is 0 Å². The van der Waals surface area contributed by atoms with E-state index in [0.717, 1.165) is 12.1 Å². The van der Waals surface area contributed by atoms with E-state index in [2.05, 4.69) is 0 Å². The lowest BCUT2D eigenvalue weighted by Crippen LogP contribution is -2.16. The van der Waals surface area contributed by atoms with Crippen LogP contribution in [0, 0.1) is 18.6 Å². The maximum absolute atomic E-state index is 13.6. The molecule has 0 aliphatic heterocycles. The number of benzene rings is 2. The molecule has 0 unspecified atom stereocenters. The van der Waals surface area contributed by atoms with E-state index < -0.39 is 27.3 Å². The van der Waals surface area contributed by atoms with Gasteiger partial charge >= 0.3 is 0 Å². The number of aryl methyl sites for hydroxylation is 1. The van der Waals surface area contributed by atoms with E-state index in [1.54, 1.807) is 19.1 Å². The van der Waals surface area contributed by atoms with Crippen LogP contribution < -0.4 is 10.5 Å². The molecular formula is C13H12F2N2O2S. The van der Waals surface area contributed by atoms with Crippen LogP contribution in [-0.4, -0.2) is 8.42 Å². The molecule has 3 N–H and O–H groups in total. The summed E-state index contributed by atoms with van der Waals surface area (Å²) in [5.74, 6) is -2.51. The Bertz CT molecular complexity index is 761. The maximum atomic E-state index is 13.6. The molecule has 7 heteroatoms. The monoisotopic (exact) mass is 298 g/mol. The molecule has 106 valence electrons. The number of anilines is 2. The standard InChI is InChI=1S/C13H12F2N2O2S/c1-8-4-2-3-5-11(8)20(18,19)17-13-10(16)7-6-9(14)12(13)15/h2-7,17H,16H2,1H3. The zero-order valence-corrected chi connectivity index (χ0v) is 11.3. The number of hydrogen-bond acceptors (Lipinski definition) is 3. The lowest BCUT2D eigenvalue weighted by molar-refractivity contribution is 0.512. The second-order valence-corrected chi connectivity index (χ2v) is 5.85. The average molecular weight is 298 g/mol. The highest BCUT2D eigenvalue weighted by atomic mass is 32.2. The third-order valence-electron chi connectivity index (χ3n) is 2.75. The van der Waals surface area contributed by atoms with Crippen LogP contribution in [0.2, 0.25) is 0 Å². The Kier molecular flexibility index (Phi) is 3.63. The van der Waals surface area contributed by atoms with E-state index in [1.807, 2.05) is 4.72 Å². The Labute approximate surface area is 115 Å². The van der Waals surface area contributed by atoms with Gasteiger partial charge in [0.05, 0.1) is 10.6 Å². The molecule has 0 bridgehead atoms. The molecule has 2 aromatic carbocycles. The van der Waals surface area contributed by atoms with Crippen molar-refractivity contribution in [2.45, 2.75) is 11.8 Å². The van der Waals surface area contributed by atoms with Gasteiger partial charge in [0, 0.05) is 0 Å². The smallest absolute Gasteiger partial charge is 0.262 e. The molecule has 20 heavy (non-hydrogen) atoms. The van der Waals surface area contributed by atoms with Crippen LogP contribution in [0.4, 0.5) is 20.2 Å². The van der Waals surface area contributed by atoms with Gasteiger partial charge in [-0.2, -0.15) is 0 Å². The molecule has 0 aliphatic rings. The Morgan fingerprint density at radius 3 is 2.40 bits per heavy atom. The van der Waals surface area contributed by atoms with E-state index in [9.17, 15) is 17.2 Å². The average Bonchev–Trinajstić information content (AvgIpc) is 2.39. The van der Waals surface area contributed by atoms with Crippen LogP contribution in [0.25, 0.3) is 0 Å². The lowest BCUT2D eigenvalue weighted by atomic mass is 10.2. The van der Waals surface area contributed by atoms with E-state index in [1.165, 1.54) is 12.1 Å². The predicted octanol–water partition coefficient (Wildman–Crippen LogP) is 2.66. The molecule has 0 fully saturated rings. The first-order chi connectivity index (χ1) is 9.33. The Hall–Kier alpha value is -2.15. The highest BCUT2D eigenvalue weighted by Crippen LogP contribution is 2.27. The van der Waals surface area contributed by atoms with Gasteiger partial charge in [0.25, 0.3) is 10.0 Å². The number of nitrogens with two attached hydrogens (primary N) is 1. The summed E-state index contributed by atoms with van der Waals surface area (Å²) in [4.78, 5) is -0.0249. The number of rotatable bonds is 3. The molecule has 0 radical (unpaired) electrons. The van der Waals surface area contributed by atoms with Gasteiger partial charge in [-0.25, -0.2) is 17.2 Å². The summed E-state index contributed by atoms with van der Waals surface area (Å²) in [6.45, 7) is 1.60. The maximum Gasteiger partial charge on any atom is 0.262 e. The molecule has 0 saturated heterocycles. The fourth-order valence-corrected chi connectivity index (χ4v) is 3.05. The van der Waals surface area contributed by atoms with Crippen molar-refractivity contribution >= 4 is 21.4 Å². The zero-order chi connectivity index (χ0) is 14.9. The van der Waals surface area contributed by atoms with Crippen LogP contribution >= 0.6 is 0 Å². The summed E-state index contributed by atoms with van der Waals surface area (Å²) < 4.78 is 53.1. The van der Waals surface area contributed by atoms with Gasteiger partial charge in [-0.1, -0.05) is 18.2 Å². The van der Waals surface area contributed by atoms with Crippen molar-refractivity contribution in [3.05, 3.63) is 53.6 Å². The van der Waals surface area contributed by atoms with Crippen LogP contribution in [0.5, 0.6) is 0 Å². The topological polar surface area (TPSA) is 72.2 Å². The summed E-state index contributed by atoms with van der Waals surface area (Å²) in [5.41, 5.74) is 5.18. The van der Waals surface area contributed by atoms with Crippen LogP contribution in [0.1, 0.15) is 5.56 Å². The zero-order valence-electron chi connectivity index (χ0n) is 10.5. The van der Waals surface area contributed by atoms with Crippen LogP contribution in [0.15, 0.2) is 41.3 Å². The molecule has 0 spiro atoms. The van der Waals surface area contributed by atoms with Gasteiger partial charge in [-0.15, -0.1) is 0 Å². The van der Waals surface area contributed by atoms with Crippen LogP contribution in [-0.2, 0) is 10.0 Å². The van der Waals surface area contributed by atoms with Gasteiger partial charge in [0.15, 0.2) is 11.6 Å². The number of nitrogens with one attached hydrogen (secondary N) is 1. The van der Waals surface area contributed by atoms with E-state index >= 15 is 0 Å². The minimum atomic E-state index is -4.04. The molecule has 4 nitrogen and oxygen atoms in total. The highest BCUT2D eigenvalue weighted by Gasteiger charge is 2.21. The first kappa shape index (κ1) is 14.3. The molecule has 0 amide bonds. The van der Waals surface area contributed by atoms with E-state index in [0.29, 0.717) is 5.56 Å². The van der Waals surface area contributed by atoms with E-state index in [4.69, 9.17) is 5.73 Å². The minimum Gasteiger partial charge on any atom is -0.397 e. The van der Waals surface area contributed by atoms with Gasteiger partial charge in [0.1, 0.15) is 5.69 Å². The normalized spacial score (nSPS) is 11.3. The van der Waals surface area contributed by atoms with Gasteiger partial charge in [-0.05, 0) is 30.7 Å². The summed E-state index contributed by atoms with van der Waals surface area (Å²) in [7, 11) is -4.04. The van der Waals surface area contributed by atoms with Crippen molar-refractivity contribution in [1.29, 1.82) is 0 Å². The lowest BCUT2D eigenvalue weighted by Gasteiger charge is -2.13. The van der Waals surface area contributed by atoms with Crippen molar-refractivity contribution < 1.29 is 17.2 Å². The molecule has 2 rings (SSSR count). The molecule has 0 atom stereocenters. The predicted molar refractivity (Wildman–Crippen MR) is 72.8 cm³/mol. The van der Waals surface area contributed by atoms with Gasteiger partial charge < -0.3 is 5.73 Å². The molecular weight excluding hydrogens is 286 g/mol. The summed E-state index contributed by atoms with van der Waals surface area (Å²) >= 11 is 0. The molecule has 0 aliphatic carbocycles. The molecule has 0 aromatic heterocycles. The highest BCUT2D eigenvalue weighted by molar-refractivity contribution is 7.92.